The average Bonchev–Trinajstić information content (AvgIpc) is 2.64. The van der Waals surface area contributed by atoms with Gasteiger partial charge in [-0.2, -0.15) is 0 Å². The average molecular weight is 356 g/mol. The van der Waals surface area contributed by atoms with Gasteiger partial charge in [0.1, 0.15) is 0 Å². The van der Waals surface area contributed by atoms with Gasteiger partial charge >= 0.3 is 0 Å². The summed E-state index contributed by atoms with van der Waals surface area (Å²) in [5.41, 5.74) is 7.75. The summed E-state index contributed by atoms with van der Waals surface area (Å²) < 4.78 is 10.5. The first-order chi connectivity index (χ1) is 12.4. The quantitative estimate of drug-likeness (QED) is 0.761. The molecule has 1 atom stereocenters. The second-order valence-corrected chi connectivity index (χ2v) is 5.97. The van der Waals surface area contributed by atoms with Gasteiger partial charge in [0, 0.05) is 5.56 Å². The molecular weight excluding hydrogens is 332 g/mol. The maximum absolute atomic E-state index is 12.6. The number of nitrogens with two attached hydrogens (primary N) is 1. The van der Waals surface area contributed by atoms with E-state index in [0.717, 1.165) is 12.0 Å². The van der Waals surface area contributed by atoms with Crippen molar-refractivity contribution in [2.45, 2.75) is 26.3 Å². The van der Waals surface area contributed by atoms with E-state index in [1.807, 2.05) is 38.1 Å². The minimum Gasteiger partial charge on any atom is -0.493 e. The number of amides is 2. The summed E-state index contributed by atoms with van der Waals surface area (Å²) in [5.74, 6) is -0.0781. The Hall–Kier alpha value is -3.02. The van der Waals surface area contributed by atoms with Crippen LogP contribution in [-0.4, -0.2) is 25.5 Å². The van der Waals surface area contributed by atoms with E-state index in [9.17, 15) is 9.59 Å². The van der Waals surface area contributed by atoms with Crippen molar-refractivity contribution in [3.8, 4) is 11.5 Å². The lowest BCUT2D eigenvalue weighted by Gasteiger charge is -2.18. The monoisotopic (exact) mass is 356 g/mol. The van der Waals surface area contributed by atoms with E-state index in [4.69, 9.17) is 15.2 Å². The molecule has 6 heteroatoms. The van der Waals surface area contributed by atoms with Crippen LogP contribution in [0, 0.1) is 6.92 Å². The first-order valence-corrected chi connectivity index (χ1v) is 8.41. The molecule has 2 aromatic carbocycles. The van der Waals surface area contributed by atoms with E-state index in [0.29, 0.717) is 17.1 Å². The highest BCUT2D eigenvalue weighted by molar-refractivity contribution is 5.95. The van der Waals surface area contributed by atoms with Gasteiger partial charge in [-0.15, -0.1) is 0 Å². The maximum Gasteiger partial charge on any atom is 0.255 e. The normalized spacial score (nSPS) is 11.5. The Morgan fingerprint density at radius 1 is 1.12 bits per heavy atom. The number of benzene rings is 2. The van der Waals surface area contributed by atoms with E-state index in [1.165, 1.54) is 12.7 Å². The van der Waals surface area contributed by atoms with Gasteiger partial charge in [0.05, 0.1) is 13.2 Å². The number of aryl methyl sites for hydroxylation is 1. The maximum atomic E-state index is 12.6. The molecule has 0 fully saturated rings. The van der Waals surface area contributed by atoms with E-state index >= 15 is 0 Å². The van der Waals surface area contributed by atoms with Crippen molar-refractivity contribution in [3.05, 3.63) is 59.2 Å². The topological polar surface area (TPSA) is 90.6 Å². The van der Waals surface area contributed by atoms with E-state index in [-0.39, 0.29) is 18.6 Å². The Bertz CT molecular complexity index is 772. The lowest BCUT2D eigenvalue weighted by molar-refractivity contribution is -0.119. The lowest BCUT2D eigenvalue weighted by atomic mass is 10.0. The van der Waals surface area contributed by atoms with Crippen molar-refractivity contribution in [3.63, 3.8) is 0 Å². The molecule has 0 saturated heterocycles. The van der Waals surface area contributed by atoms with Crippen LogP contribution in [0.4, 0.5) is 0 Å². The van der Waals surface area contributed by atoms with E-state index in [2.05, 4.69) is 5.32 Å². The van der Waals surface area contributed by atoms with Crippen LogP contribution in [0.5, 0.6) is 11.5 Å². The number of ether oxygens (including phenoxy) is 2. The highest BCUT2D eigenvalue weighted by atomic mass is 16.5. The third kappa shape index (κ3) is 4.99. The number of hydrogen-bond acceptors (Lipinski definition) is 4. The summed E-state index contributed by atoms with van der Waals surface area (Å²) in [6.45, 7) is 3.79. The number of carbonyl (C=O) groups excluding carboxylic acids is 2. The van der Waals surface area contributed by atoms with Crippen LogP contribution < -0.4 is 20.5 Å². The number of carbonyl (C=O) groups is 2. The number of nitrogens with one attached hydrogen (secondary N) is 1. The van der Waals surface area contributed by atoms with Crippen molar-refractivity contribution in [2.24, 2.45) is 5.73 Å². The molecule has 0 aromatic heterocycles. The first-order valence-electron chi connectivity index (χ1n) is 8.41. The molecule has 0 aliphatic rings. The first kappa shape index (κ1) is 19.3. The van der Waals surface area contributed by atoms with Crippen molar-refractivity contribution in [1.29, 1.82) is 0 Å². The number of primary amides is 1. The Kier molecular flexibility index (Phi) is 6.60. The molecule has 0 aliphatic heterocycles. The number of methoxy groups -OCH3 is 1. The van der Waals surface area contributed by atoms with Gasteiger partial charge in [-0.1, -0.05) is 36.8 Å². The smallest absolute Gasteiger partial charge is 0.255 e. The lowest BCUT2D eigenvalue weighted by Crippen LogP contribution is -2.28. The fraction of sp³-hybridized carbons (Fsp3) is 0.300. The second kappa shape index (κ2) is 8.89. The highest BCUT2D eigenvalue weighted by Gasteiger charge is 2.16. The zero-order chi connectivity index (χ0) is 19.1. The fourth-order valence-electron chi connectivity index (χ4n) is 2.54. The molecule has 26 heavy (non-hydrogen) atoms. The SMILES string of the molecule is CC[C@@H](NC(=O)c1ccc(OCC(N)=O)c(OC)c1)c1ccc(C)cc1. The molecule has 0 unspecified atom stereocenters. The van der Waals surface area contributed by atoms with E-state index < -0.39 is 5.91 Å². The minimum absolute atomic E-state index is 0.0834. The molecule has 2 amide bonds. The van der Waals surface area contributed by atoms with Crippen molar-refractivity contribution in [2.75, 3.05) is 13.7 Å². The van der Waals surface area contributed by atoms with Crippen molar-refractivity contribution < 1.29 is 19.1 Å². The van der Waals surface area contributed by atoms with Gasteiger partial charge in [-0.25, -0.2) is 0 Å². The Morgan fingerprint density at radius 3 is 2.38 bits per heavy atom. The predicted octanol–water partition coefficient (Wildman–Crippen LogP) is 2.75. The molecule has 0 radical (unpaired) electrons. The molecule has 0 spiro atoms. The highest BCUT2D eigenvalue weighted by Crippen LogP contribution is 2.28. The van der Waals surface area contributed by atoms with Crippen molar-refractivity contribution in [1.82, 2.24) is 5.32 Å². The molecule has 0 aliphatic carbocycles. The molecule has 138 valence electrons. The third-order valence-electron chi connectivity index (χ3n) is 3.99. The van der Waals surface area contributed by atoms with Crippen LogP contribution >= 0.6 is 0 Å². The Balaban J connectivity index is 2.14. The van der Waals surface area contributed by atoms with E-state index in [1.54, 1.807) is 18.2 Å². The molecule has 0 bridgehead atoms. The Morgan fingerprint density at radius 2 is 1.81 bits per heavy atom. The van der Waals surface area contributed by atoms with Gasteiger partial charge in [0.25, 0.3) is 11.8 Å². The molecule has 2 aromatic rings. The summed E-state index contributed by atoms with van der Waals surface area (Å²) in [4.78, 5) is 23.5. The third-order valence-corrected chi connectivity index (χ3v) is 3.99. The zero-order valence-electron chi connectivity index (χ0n) is 15.2. The molecule has 0 saturated carbocycles. The van der Waals surface area contributed by atoms with Gasteiger partial charge in [0.2, 0.25) is 0 Å². The standard InChI is InChI=1S/C20H24N2O4/c1-4-16(14-7-5-13(2)6-8-14)22-20(24)15-9-10-17(18(11-15)25-3)26-12-19(21)23/h5-11,16H,4,12H2,1-3H3,(H2,21,23)(H,22,24)/t16-/m1/s1. The predicted molar refractivity (Wildman–Crippen MR) is 99.4 cm³/mol. The summed E-state index contributed by atoms with van der Waals surface area (Å²) in [5, 5.41) is 3.03. The van der Waals surface area contributed by atoms with Crippen LogP contribution in [0.1, 0.15) is 40.9 Å². The van der Waals surface area contributed by atoms with Gasteiger partial charge in [-0.05, 0) is 37.1 Å². The second-order valence-electron chi connectivity index (χ2n) is 5.97. The van der Waals surface area contributed by atoms with Crippen LogP contribution in [0.2, 0.25) is 0 Å². The zero-order valence-corrected chi connectivity index (χ0v) is 15.2. The van der Waals surface area contributed by atoms with Crippen LogP contribution in [-0.2, 0) is 4.79 Å². The van der Waals surface area contributed by atoms with Crippen LogP contribution in [0.3, 0.4) is 0 Å². The van der Waals surface area contributed by atoms with Gasteiger partial charge in [0.15, 0.2) is 18.1 Å². The summed E-state index contributed by atoms with van der Waals surface area (Å²) in [7, 11) is 1.47. The molecule has 0 heterocycles. The molecule has 3 N–H and O–H groups in total. The van der Waals surface area contributed by atoms with Crippen LogP contribution in [0.25, 0.3) is 0 Å². The fourth-order valence-corrected chi connectivity index (χ4v) is 2.54. The molecule has 2 rings (SSSR count). The van der Waals surface area contributed by atoms with Crippen molar-refractivity contribution >= 4 is 11.8 Å². The largest absolute Gasteiger partial charge is 0.493 e. The summed E-state index contributed by atoms with van der Waals surface area (Å²) in [6.07, 6.45) is 0.770. The number of rotatable bonds is 8. The van der Waals surface area contributed by atoms with Gasteiger partial charge in [-0.3, -0.25) is 9.59 Å². The Labute approximate surface area is 153 Å². The molecule has 6 nitrogen and oxygen atoms in total. The summed E-state index contributed by atoms with van der Waals surface area (Å²) >= 11 is 0. The van der Waals surface area contributed by atoms with Crippen LogP contribution in [0.15, 0.2) is 42.5 Å². The summed E-state index contributed by atoms with van der Waals surface area (Å²) in [6, 6.07) is 12.8. The number of hydrogen-bond donors (Lipinski definition) is 2. The minimum atomic E-state index is -0.585. The van der Waals surface area contributed by atoms with Gasteiger partial charge < -0.3 is 20.5 Å². The molecular formula is C20H24N2O4.